The molecule has 1 aromatic carbocycles. The molecule has 0 bridgehead atoms. The van der Waals surface area contributed by atoms with Gasteiger partial charge in [0.1, 0.15) is 11.8 Å². The van der Waals surface area contributed by atoms with Crippen LogP contribution in [0, 0.1) is 0 Å². The van der Waals surface area contributed by atoms with E-state index >= 15 is 0 Å². The van der Waals surface area contributed by atoms with E-state index in [1.165, 1.54) is 4.90 Å². The molecule has 22 heavy (non-hydrogen) atoms. The molecule has 2 rings (SSSR count). The van der Waals surface area contributed by atoms with Crippen molar-refractivity contribution >= 4 is 6.09 Å². The molecule has 4 nitrogen and oxygen atoms in total. The molecule has 1 aromatic rings. The lowest BCUT2D eigenvalue weighted by atomic mass is 10.0. The quantitative estimate of drug-likeness (QED) is 0.933. The van der Waals surface area contributed by atoms with E-state index in [4.69, 9.17) is 4.74 Å². The zero-order chi connectivity index (χ0) is 16.2. The van der Waals surface area contributed by atoms with E-state index in [2.05, 4.69) is 5.32 Å². The van der Waals surface area contributed by atoms with Crippen LogP contribution in [0.3, 0.4) is 0 Å². The lowest BCUT2D eigenvalue weighted by molar-refractivity contribution is 0.00934. The van der Waals surface area contributed by atoms with Crippen molar-refractivity contribution in [3.05, 3.63) is 35.9 Å². The van der Waals surface area contributed by atoms with Gasteiger partial charge in [-0.15, -0.1) is 0 Å². The fourth-order valence-corrected chi connectivity index (χ4v) is 2.47. The van der Waals surface area contributed by atoms with Gasteiger partial charge in [-0.2, -0.15) is 0 Å². The number of halogens is 1. The smallest absolute Gasteiger partial charge is 0.410 e. The molecule has 1 aliphatic rings. The Hall–Kier alpha value is -1.62. The van der Waals surface area contributed by atoms with Gasteiger partial charge in [-0.25, -0.2) is 9.18 Å². The molecule has 0 aromatic heterocycles. The van der Waals surface area contributed by atoms with Crippen molar-refractivity contribution in [3.63, 3.8) is 0 Å². The van der Waals surface area contributed by atoms with Gasteiger partial charge >= 0.3 is 6.09 Å². The molecule has 1 N–H and O–H groups in total. The van der Waals surface area contributed by atoms with Crippen LogP contribution in [0.4, 0.5) is 9.18 Å². The van der Waals surface area contributed by atoms with E-state index in [-0.39, 0.29) is 12.6 Å². The number of ether oxygens (including phenoxy) is 1. The predicted molar refractivity (Wildman–Crippen MR) is 84.4 cm³/mol. The predicted octanol–water partition coefficient (Wildman–Crippen LogP) is 3.12. The average Bonchev–Trinajstić information content (AvgIpc) is 2.45. The largest absolute Gasteiger partial charge is 0.444 e. The van der Waals surface area contributed by atoms with E-state index in [9.17, 15) is 9.18 Å². The van der Waals surface area contributed by atoms with Crippen LogP contribution in [-0.2, 0) is 11.3 Å². The summed E-state index contributed by atoms with van der Waals surface area (Å²) < 4.78 is 19.6. The minimum absolute atomic E-state index is 0.0847. The first-order valence-electron chi connectivity index (χ1n) is 7.74. The lowest BCUT2D eigenvalue weighted by Gasteiger charge is -2.36. The van der Waals surface area contributed by atoms with Gasteiger partial charge in [0.2, 0.25) is 0 Å². The Bertz CT molecular complexity index is 487. The molecule has 0 unspecified atom stereocenters. The molecule has 122 valence electrons. The maximum absolute atomic E-state index is 14.3. The van der Waals surface area contributed by atoms with E-state index in [1.54, 1.807) is 0 Å². The highest BCUT2D eigenvalue weighted by molar-refractivity contribution is 5.68. The SMILES string of the molecule is CC(C)(C)OC(=O)N1CC[C@H](NCc2ccccc2)[C@@H](F)C1. The first-order valence-corrected chi connectivity index (χ1v) is 7.74. The van der Waals surface area contributed by atoms with Gasteiger partial charge in [-0.1, -0.05) is 30.3 Å². The third-order valence-electron chi connectivity index (χ3n) is 3.60. The zero-order valence-electron chi connectivity index (χ0n) is 13.5. The molecule has 1 saturated heterocycles. The molecular weight excluding hydrogens is 283 g/mol. The van der Waals surface area contributed by atoms with E-state index in [1.807, 2.05) is 51.1 Å². The second-order valence-corrected chi connectivity index (χ2v) is 6.70. The lowest BCUT2D eigenvalue weighted by Crippen LogP contribution is -2.53. The summed E-state index contributed by atoms with van der Waals surface area (Å²) in [5, 5.41) is 3.24. The fraction of sp³-hybridized carbons (Fsp3) is 0.588. The Morgan fingerprint density at radius 1 is 1.36 bits per heavy atom. The van der Waals surface area contributed by atoms with Crippen LogP contribution < -0.4 is 5.32 Å². The number of hydrogen-bond donors (Lipinski definition) is 1. The van der Waals surface area contributed by atoms with Crippen LogP contribution in [0.15, 0.2) is 30.3 Å². The van der Waals surface area contributed by atoms with Crippen LogP contribution in [0.25, 0.3) is 0 Å². The van der Waals surface area contributed by atoms with E-state index < -0.39 is 17.9 Å². The van der Waals surface area contributed by atoms with Crippen molar-refractivity contribution in [2.75, 3.05) is 13.1 Å². The van der Waals surface area contributed by atoms with Crippen LogP contribution in [0.1, 0.15) is 32.8 Å². The van der Waals surface area contributed by atoms with Crippen molar-refractivity contribution in [1.29, 1.82) is 0 Å². The number of likely N-dealkylation sites (tertiary alicyclic amines) is 1. The summed E-state index contributed by atoms with van der Waals surface area (Å²) in [7, 11) is 0. The van der Waals surface area contributed by atoms with Crippen LogP contribution in [0.5, 0.6) is 0 Å². The number of alkyl halides is 1. The van der Waals surface area contributed by atoms with Gasteiger partial charge in [0, 0.05) is 19.1 Å². The average molecular weight is 308 g/mol. The number of rotatable bonds is 3. The molecule has 5 heteroatoms. The van der Waals surface area contributed by atoms with Gasteiger partial charge < -0.3 is 15.0 Å². The van der Waals surface area contributed by atoms with Crippen molar-refractivity contribution < 1.29 is 13.9 Å². The highest BCUT2D eigenvalue weighted by Gasteiger charge is 2.33. The van der Waals surface area contributed by atoms with Gasteiger partial charge in [0.25, 0.3) is 0 Å². The first-order chi connectivity index (χ1) is 10.3. The third-order valence-corrected chi connectivity index (χ3v) is 3.60. The van der Waals surface area contributed by atoms with Crippen molar-refractivity contribution in [1.82, 2.24) is 10.2 Å². The van der Waals surface area contributed by atoms with Crippen molar-refractivity contribution in [2.45, 2.75) is 51.6 Å². The van der Waals surface area contributed by atoms with E-state index in [0.717, 1.165) is 5.56 Å². The van der Waals surface area contributed by atoms with Gasteiger partial charge in [-0.3, -0.25) is 0 Å². The zero-order valence-corrected chi connectivity index (χ0v) is 13.5. The van der Waals surface area contributed by atoms with Gasteiger partial charge in [-0.05, 0) is 32.8 Å². The topological polar surface area (TPSA) is 41.6 Å². The number of hydrogen-bond acceptors (Lipinski definition) is 3. The van der Waals surface area contributed by atoms with Gasteiger partial charge in [0.05, 0.1) is 6.54 Å². The number of carbonyl (C=O) groups excluding carboxylic acids is 1. The third kappa shape index (κ3) is 4.98. The molecule has 2 atom stereocenters. The summed E-state index contributed by atoms with van der Waals surface area (Å²) >= 11 is 0. The fourth-order valence-electron chi connectivity index (χ4n) is 2.47. The Morgan fingerprint density at radius 2 is 2.05 bits per heavy atom. The second-order valence-electron chi connectivity index (χ2n) is 6.70. The minimum atomic E-state index is -1.08. The summed E-state index contributed by atoms with van der Waals surface area (Å²) in [5.74, 6) is 0. The molecule has 0 spiro atoms. The Kier molecular flexibility index (Phi) is 5.40. The molecule has 0 radical (unpaired) electrons. The van der Waals surface area contributed by atoms with Crippen LogP contribution in [0.2, 0.25) is 0 Å². The van der Waals surface area contributed by atoms with Crippen molar-refractivity contribution in [3.8, 4) is 0 Å². The Morgan fingerprint density at radius 3 is 2.64 bits per heavy atom. The summed E-state index contributed by atoms with van der Waals surface area (Å²) in [4.78, 5) is 13.4. The maximum atomic E-state index is 14.3. The summed E-state index contributed by atoms with van der Waals surface area (Å²) in [6, 6.07) is 9.69. The van der Waals surface area contributed by atoms with Crippen LogP contribution >= 0.6 is 0 Å². The second kappa shape index (κ2) is 7.09. The molecule has 0 aliphatic carbocycles. The number of benzene rings is 1. The maximum Gasteiger partial charge on any atom is 0.410 e. The number of nitrogens with zero attached hydrogens (tertiary/aromatic N) is 1. The standard InChI is InChI=1S/C17H25FN2O2/c1-17(2,3)22-16(21)20-10-9-15(14(18)12-20)19-11-13-7-5-4-6-8-13/h4-8,14-15,19H,9-12H2,1-3H3/t14-,15-/m0/s1. The monoisotopic (exact) mass is 308 g/mol. The van der Waals surface area contributed by atoms with Crippen LogP contribution in [-0.4, -0.2) is 41.9 Å². The highest BCUT2D eigenvalue weighted by atomic mass is 19.1. The van der Waals surface area contributed by atoms with E-state index in [0.29, 0.717) is 19.5 Å². The Balaban J connectivity index is 1.81. The molecule has 0 saturated carbocycles. The first kappa shape index (κ1) is 16.7. The minimum Gasteiger partial charge on any atom is -0.444 e. The molecular formula is C17H25FN2O2. The molecule has 1 amide bonds. The van der Waals surface area contributed by atoms with Crippen molar-refractivity contribution in [2.24, 2.45) is 0 Å². The summed E-state index contributed by atoms with van der Waals surface area (Å²) in [5.41, 5.74) is 0.579. The molecule has 1 aliphatic heterocycles. The Labute approximate surface area is 131 Å². The number of piperidine rings is 1. The normalized spacial score (nSPS) is 22.5. The summed E-state index contributed by atoms with van der Waals surface area (Å²) in [6.07, 6.45) is -0.922. The number of nitrogens with one attached hydrogen (secondary N) is 1. The van der Waals surface area contributed by atoms with Gasteiger partial charge in [0.15, 0.2) is 0 Å². The summed E-state index contributed by atoms with van der Waals surface area (Å²) in [6.45, 7) is 6.67. The number of carbonyl (C=O) groups is 1. The highest BCUT2D eigenvalue weighted by Crippen LogP contribution is 2.18. The number of amides is 1. The molecule has 1 fully saturated rings. The molecule has 1 heterocycles.